The summed E-state index contributed by atoms with van der Waals surface area (Å²) in [5, 5.41) is 18.8. The summed E-state index contributed by atoms with van der Waals surface area (Å²) in [4.78, 5) is 14.6. The number of hydrogen-bond donors (Lipinski definition) is 1. The van der Waals surface area contributed by atoms with Crippen LogP contribution in [-0.4, -0.2) is 41.7 Å². The fourth-order valence-corrected chi connectivity index (χ4v) is 6.09. The molecule has 5 aromatic rings. The van der Waals surface area contributed by atoms with Gasteiger partial charge in [0.2, 0.25) is 5.91 Å². The summed E-state index contributed by atoms with van der Waals surface area (Å²) in [6.45, 7) is 8.70. The second-order valence-electron chi connectivity index (χ2n) is 9.94. The molecule has 0 aliphatic heterocycles. The van der Waals surface area contributed by atoms with Gasteiger partial charge in [0.15, 0.2) is 11.0 Å². The van der Waals surface area contributed by atoms with Crippen LogP contribution in [0.3, 0.4) is 0 Å². The number of benzene rings is 2. The second kappa shape index (κ2) is 10.5. The maximum absolute atomic E-state index is 12.5. The number of nitrogens with zero attached hydrogens (tertiary/aromatic N) is 5. The summed E-state index contributed by atoms with van der Waals surface area (Å²) in [5.74, 6) is 1.09. The summed E-state index contributed by atoms with van der Waals surface area (Å²) in [7, 11) is 0. The Morgan fingerprint density at radius 3 is 2.43 bits per heavy atom. The van der Waals surface area contributed by atoms with Crippen molar-refractivity contribution in [2.24, 2.45) is 0 Å². The van der Waals surface area contributed by atoms with Crippen molar-refractivity contribution in [3.63, 3.8) is 0 Å². The maximum atomic E-state index is 12.5. The number of fused-ring (bicyclic) bond motifs is 1. The molecule has 5 rings (SSSR count). The summed E-state index contributed by atoms with van der Waals surface area (Å²) in [5.41, 5.74) is 2.98. The fraction of sp³-hybridized carbons (Fsp3) is 0.286. The van der Waals surface area contributed by atoms with Gasteiger partial charge >= 0.3 is 0 Å². The highest BCUT2D eigenvalue weighted by molar-refractivity contribution is 7.99. The van der Waals surface area contributed by atoms with Crippen LogP contribution in [0.15, 0.2) is 71.9 Å². The lowest BCUT2D eigenvalue weighted by molar-refractivity contribution is -0.119. The van der Waals surface area contributed by atoms with Crippen LogP contribution in [0.2, 0.25) is 0 Å². The quantitative estimate of drug-likeness (QED) is 0.253. The zero-order valence-corrected chi connectivity index (χ0v) is 23.1. The van der Waals surface area contributed by atoms with E-state index in [0.29, 0.717) is 6.54 Å². The molecule has 0 saturated carbocycles. The zero-order valence-electron chi connectivity index (χ0n) is 21.4. The number of para-hydroxylation sites is 1. The van der Waals surface area contributed by atoms with Gasteiger partial charge in [-0.1, -0.05) is 60.3 Å². The Bertz CT molecular complexity index is 1510. The molecule has 0 atom stereocenters. The van der Waals surface area contributed by atoms with Crippen LogP contribution >= 0.6 is 23.1 Å². The summed E-state index contributed by atoms with van der Waals surface area (Å²) in [6.07, 6.45) is 0.843. The number of carbonyl (C=O) groups is 1. The number of thioether (sulfide) groups is 1. The topological polar surface area (TPSA) is 77.6 Å². The van der Waals surface area contributed by atoms with Crippen molar-refractivity contribution in [2.75, 3.05) is 5.75 Å². The molecule has 0 spiro atoms. The van der Waals surface area contributed by atoms with Crippen LogP contribution in [0, 0.1) is 6.92 Å². The van der Waals surface area contributed by atoms with Crippen molar-refractivity contribution >= 4 is 39.2 Å². The highest BCUT2D eigenvalue weighted by atomic mass is 32.2. The van der Waals surface area contributed by atoms with Crippen molar-refractivity contribution in [1.82, 2.24) is 29.9 Å². The van der Waals surface area contributed by atoms with E-state index in [0.717, 1.165) is 43.9 Å². The lowest BCUT2D eigenvalue weighted by atomic mass is 10.1. The van der Waals surface area contributed by atoms with Gasteiger partial charge in [-0.2, -0.15) is 5.10 Å². The number of amides is 1. The van der Waals surface area contributed by atoms with E-state index in [9.17, 15) is 4.79 Å². The van der Waals surface area contributed by atoms with E-state index >= 15 is 0 Å². The third-order valence-electron chi connectivity index (χ3n) is 5.80. The molecule has 1 N–H and O–H groups in total. The van der Waals surface area contributed by atoms with E-state index in [1.165, 1.54) is 17.3 Å². The molecule has 2 aromatic carbocycles. The fourth-order valence-electron chi connectivity index (χ4n) is 4.15. The minimum atomic E-state index is -0.272. The molecule has 0 unspecified atom stereocenters. The Hall–Kier alpha value is -3.43. The lowest BCUT2D eigenvalue weighted by Gasteiger charge is -2.20. The van der Waals surface area contributed by atoms with Gasteiger partial charge in [-0.3, -0.25) is 4.79 Å². The summed E-state index contributed by atoms with van der Waals surface area (Å²) >= 11 is 3.09. The molecule has 9 heteroatoms. The van der Waals surface area contributed by atoms with Crippen molar-refractivity contribution in [3.05, 3.63) is 78.0 Å². The summed E-state index contributed by atoms with van der Waals surface area (Å²) in [6, 6.07) is 22.7. The Balaban J connectivity index is 1.48. The molecule has 3 aromatic heterocycles. The van der Waals surface area contributed by atoms with Crippen LogP contribution in [0.25, 0.3) is 26.6 Å². The first-order chi connectivity index (χ1) is 17.8. The maximum Gasteiger partial charge on any atom is 0.230 e. The average Bonchev–Trinajstić information content (AvgIpc) is 3.56. The van der Waals surface area contributed by atoms with Gasteiger partial charge in [-0.05, 0) is 57.9 Å². The molecular weight excluding hydrogens is 500 g/mol. The second-order valence-corrected chi connectivity index (χ2v) is 11.9. The summed E-state index contributed by atoms with van der Waals surface area (Å²) < 4.78 is 4.14. The Labute approximate surface area is 224 Å². The molecule has 7 nitrogen and oxygen atoms in total. The van der Waals surface area contributed by atoms with Crippen LogP contribution < -0.4 is 5.32 Å². The molecule has 1 amide bonds. The molecule has 0 saturated heterocycles. The van der Waals surface area contributed by atoms with E-state index in [-0.39, 0.29) is 17.2 Å². The molecule has 0 aliphatic rings. The van der Waals surface area contributed by atoms with Gasteiger partial charge in [0.25, 0.3) is 0 Å². The first-order valence-electron chi connectivity index (χ1n) is 12.2. The number of nitrogens with one attached hydrogen (secondary N) is 1. The van der Waals surface area contributed by atoms with Gasteiger partial charge in [-0.15, -0.1) is 21.5 Å². The minimum Gasteiger partial charge on any atom is -0.351 e. The number of aryl methyl sites for hydroxylation is 2. The van der Waals surface area contributed by atoms with Crippen LogP contribution in [0.1, 0.15) is 32.0 Å². The van der Waals surface area contributed by atoms with Crippen molar-refractivity contribution in [1.29, 1.82) is 0 Å². The van der Waals surface area contributed by atoms with E-state index in [4.69, 9.17) is 5.10 Å². The monoisotopic (exact) mass is 530 g/mol. The highest BCUT2D eigenvalue weighted by Gasteiger charge is 2.21. The third-order valence-corrected chi connectivity index (χ3v) is 7.87. The van der Waals surface area contributed by atoms with Gasteiger partial charge < -0.3 is 9.88 Å². The minimum absolute atomic E-state index is 0.0166. The molecule has 3 heterocycles. The predicted octanol–water partition coefficient (Wildman–Crippen LogP) is 5.90. The van der Waals surface area contributed by atoms with Crippen molar-refractivity contribution in [2.45, 2.75) is 51.4 Å². The molecular formula is C28H30N6OS2. The average molecular weight is 531 g/mol. The Morgan fingerprint density at radius 1 is 1.03 bits per heavy atom. The SMILES string of the molecule is Cc1nn(-c2ccccc2)c2sc(-c3nnc(SCC(=O)NC(C)(C)C)n3CCc3ccccc3)cc12. The van der Waals surface area contributed by atoms with Crippen molar-refractivity contribution < 1.29 is 4.79 Å². The predicted molar refractivity (Wildman–Crippen MR) is 151 cm³/mol. The number of carbonyl (C=O) groups excluding carboxylic acids is 1. The zero-order chi connectivity index (χ0) is 26.0. The van der Waals surface area contributed by atoms with Gasteiger partial charge in [0, 0.05) is 17.5 Å². The first-order valence-corrected chi connectivity index (χ1v) is 14.0. The molecule has 0 bridgehead atoms. The Morgan fingerprint density at radius 2 is 1.73 bits per heavy atom. The molecule has 190 valence electrons. The molecule has 37 heavy (non-hydrogen) atoms. The number of thiophene rings is 1. The first kappa shape index (κ1) is 25.2. The largest absolute Gasteiger partial charge is 0.351 e. The van der Waals surface area contributed by atoms with Gasteiger partial charge in [0.1, 0.15) is 4.83 Å². The van der Waals surface area contributed by atoms with E-state index < -0.39 is 0 Å². The normalized spacial score (nSPS) is 11.8. The smallest absolute Gasteiger partial charge is 0.230 e. The van der Waals surface area contributed by atoms with E-state index in [1.54, 1.807) is 11.3 Å². The number of hydrogen-bond acceptors (Lipinski definition) is 6. The van der Waals surface area contributed by atoms with Crippen LogP contribution in [-0.2, 0) is 17.8 Å². The highest BCUT2D eigenvalue weighted by Crippen LogP contribution is 2.36. The van der Waals surface area contributed by atoms with Crippen LogP contribution in [0.4, 0.5) is 0 Å². The van der Waals surface area contributed by atoms with Gasteiger partial charge in [0.05, 0.1) is 22.0 Å². The lowest BCUT2D eigenvalue weighted by Crippen LogP contribution is -2.41. The molecule has 0 fully saturated rings. The van der Waals surface area contributed by atoms with Gasteiger partial charge in [-0.25, -0.2) is 4.68 Å². The van der Waals surface area contributed by atoms with Crippen molar-refractivity contribution in [3.8, 4) is 16.4 Å². The number of aromatic nitrogens is 5. The molecule has 0 aliphatic carbocycles. The number of rotatable bonds is 8. The van der Waals surface area contributed by atoms with Crippen LogP contribution in [0.5, 0.6) is 0 Å². The standard InChI is InChI=1S/C28H30N6OS2/c1-19-22-17-23(37-26(22)34(32-19)21-13-9-6-10-14-21)25-30-31-27(36-18-24(35)29-28(2,3)4)33(25)16-15-20-11-7-5-8-12-20/h5-14,17H,15-16,18H2,1-4H3,(H,29,35). The molecule has 0 radical (unpaired) electrons. The Kier molecular flexibility index (Phi) is 7.17. The van der Waals surface area contributed by atoms with E-state index in [1.807, 2.05) is 56.6 Å². The third kappa shape index (κ3) is 5.78. The van der Waals surface area contributed by atoms with E-state index in [2.05, 4.69) is 62.5 Å².